The fourth-order valence-electron chi connectivity index (χ4n) is 2.37. The van der Waals surface area contributed by atoms with Crippen LogP contribution in [0.1, 0.15) is 52.3 Å². The van der Waals surface area contributed by atoms with Gasteiger partial charge < -0.3 is 14.6 Å². The average Bonchev–Trinajstić information content (AvgIpc) is 2.78. The summed E-state index contributed by atoms with van der Waals surface area (Å²) in [5.41, 5.74) is 2.82. The minimum absolute atomic E-state index is 0.00293. The molecule has 1 aromatic carbocycles. The van der Waals surface area contributed by atoms with Gasteiger partial charge in [0.1, 0.15) is 5.75 Å². The van der Waals surface area contributed by atoms with Crippen LogP contribution in [0.5, 0.6) is 5.75 Å². The van der Waals surface area contributed by atoms with Gasteiger partial charge in [-0.2, -0.15) is 0 Å². The van der Waals surface area contributed by atoms with E-state index in [1.165, 1.54) is 0 Å². The molecule has 0 radical (unpaired) electrons. The highest BCUT2D eigenvalue weighted by Crippen LogP contribution is 2.32. The SMILES string of the molecule is Cc1ccc(C(C)(C)C)c(OCCc2nc(C)c(C(=O)[O-])s2)c1. The molecule has 0 N–H and O–H groups in total. The van der Waals surface area contributed by atoms with Crippen LogP contribution in [0.2, 0.25) is 0 Å². The number of aromatic nitrogens is 1. The number of carbonyl (C=O) groups excluding carboxylic acids is 1. The molecule has 0 aliphatic rings. The zero-order chi connectivity index (χ0) is 17.2. The third kappa shape index (κ3) is 4.32. The minimum Gasteiger partial charge on any atom is -0.544 e. The number of benzene rings is 1. The van der Waals surface area contributed by atoms with Crippen LogP contribution in [0.25, 0.3) is 0 Å². The van der Waals surface area contributed by atoms with E-state index in [-0.39, 0.29) is 10.3 Å². The van der Waals surface area contributed by atoms with Crippen molar-refractivity contribution in [2.45, 2.75) is 46.5 Å². The molecule has 1 heterocycles. The molecule has 0 bridgehead atoms. The topological polar surface area (TPSA) is 62.2 Å². The molecule has 5 heteroatoms. The molecule has 0 aliphatic heterocycles. The number of carboxylic acid groups (broad SMARTS) is 1. The summed E-state index contributed by atoms with van der Waals surface area (Å²) >= 11 is 1.16. The fourth-order valence-corrected chi connectivity index (χ4v) is 3.25. The van der Waals surface area contributed by atoms with Crippen molar-refractivity contribution in [2.24, 2.45) is 0 Å². The molecule has 0 saturated heterocycles. The second-order valence-corrected chi connectivity index (χ2v) is 7.74. The number of thiazole rings is 1. The highest BCUT2D eigenvalue weighted by Gasteiger charge is 2.19. The molecule has 0 saturated carbocycles. The molecule has 1 aromatic heterocycles. The number of hydrogen-bond acceptors (Lipinski definition) is 5. The van der Waals surface area contributed by atoms with Crippen molar-refractivity contribution in [3.05, 3.63) is 44.9 Å². The molecule has 23 heavy (non-hydrogen) atoms. The highest BCUT2D eigenvalue weighted by atomic mass is 32.1. The van der Waals surface area contributed by atoms with Gasteiger partial charge in [-0.05, 0) is 36.5 Å². The van der Waals surface area contributed by atoms with Crippen LogP contribution in [0.3, 0.4) is 0 Å². The number of hydrogen-bond donors (Lipinski definition) is 0. The summed E-state index contributed by atoms with van der Waals surface area (Å²) in [6.45, 7) is 10.6. The molecule has 0 atom stereocenters. The number of aryl methyl sites for hydroxylation is 2. The standard InChI is InChI=1S/C18H23NO3S/c1-11-6-7-13(18(3,4)5)14(10-11)22-9-8-15-19-12(2)16(23-15)17(20)21/h6-7,10H,8-9H2,1-5H3,(H,20,21)/p-1. The Bertz CT molecular complexity index is 714. The smallest absolute Gasteiger partial charge is 0.123 e. The molecule has 0 fully saturated rings. The first-order valence-corrected chi connectivity index (χ1v) is 8.41. The summed E-state index contributed by atoms with van der Waals surface area (Å²) in [5.74, 6) is -0.285. The lowest BCUT2D eigenvalue weighted by Crippen LogP contribution is -2.21. The maximum Gasteiger partial charge on any atom is 0.123 e. The van der Waals surface area contributed by atoms with Gasteiger partial charge in [0.2, 0.25) is 0 Å². The highest BCUT2D eigenvalue weighted by molar-refractivity contribution is 7.13. The molecule has 0 amide bonds. The number of carbonyl (C=O) groups is 1. The lowest BCUT2D eigenvalue weighted by Gasteiger charge is -2.23. The first-order chi connectivity index (χ1) is 10.7. The van der Waals surface area contributed by atoms with Gasteiger partial charge in [-0.3, -0.25) is 0 Å². The Morgan fingerprint density at radius 2 is 2.00 bits per heavy atom. The Hall–Kier alpha value is -1.88. The molecular weight excluding hydrogens is 310 g/mol. The van der Waals surface area contributed by atoms with E-state index in [4.69, 9.17) is 4.74 Å². The van der Waals surface area contributed by atoms with Crippen molar-refractivity contribution in [2.75, 3.05) is 6.61 Å². The normalized spacial score (nSPS) is 11.5. The molecule has 124 valence electrons. The number of aromatic carboxylic acids is 1. The van der Waals surface area contributed by atoms with Gasteiger partial charge in [0.15, 0.2) is 0 Å². The molecule has 2 aromatic rings. The van der Waals surface area contributed by atoms with Crippen LogP contribution in [-0.2, 0) is 11.8 Å². The van der Waals surface area contributed by atoms with E-state index >= 15 is 0 Å². The van der Waals surface area contributed by atoms with E-state index in [0.717, 1.165) is 33.2 Å². The van der Waals surface area contributed by atoms with Crippen LogP contribution in [0, 0.1) is 13.8 Å². The molecule has 0 unspecified atom stereocenters. The zero-order valence-electron chi connectivity index (χ0n) is 14.2. The number of ether oxygens (including phenoxy) is 1. The predicted molar refractivity (Wildman–Crippen MR) is 90.3 cm³/mol. The average molecular weight is 332 g/mol. The molecular formula is C18H22NO3S-. The van der Waals surface area contributed by atoms with Gasteiger partial charge in [-0.15, -0.1) is 11.3 Å². The van der Waals surface area contributed by atoms with E-state index in [0.29, 0.717) is 18.7 Å². The lowest BCUT2D eigenvalue weighted by atomic mass is 9.86. The van der Waals surface area contributed by atoms with Crippen LogP contribution in [0.4, 0.5) is 0 Å². The Balaban J connectivity index is 2.08. The molecule has 0 spiro atoms. The Kier molecular flexibility index (Phi) is 5.09. The summed E-state index contributed by atoms with van der Waals surface area (Å²) in [5, 5.41) is 11.7. The second-order valence-electron chi connectivity index (χ2n) is 6.66. The van der Waals surface area contributed by atoms with Gasteiger partial charge in [0, 0.05) is 6.42 Å². The summed E-state index contributed by atoms with van der Waals surface area (Å²) in [7, 11) is 0. The molecule has 0 aliphatic carbocycles. The third-order valence-electron chi connectivity index (χ3n) is 3.54. The number of rotatable bonds is 5. The number of nitrogens with zero attached hydrogens (tertiary/aromatic N) is 1. The van der Waals surface area contributed by atoms with Gasteiger partial charge in [0.25, 0.3) is 0 Å². The van der Waals surface area contributed by atoms with Crippen molar-refractivity contribution in [3.8, 4) is 5.75 Å². The van der Waals surface area contributed by atoms with E-state index < -0.39 is 5.97 Å². The van der Waals surface area contributed by atoms with Gasteiger partial charge in [0.05, 0.1) is 28.2 Å². The van der Waals surface area contributed by atoms with E-state index in [2.05, 4.69) is 37.9 Å². The quantitative estimate of drug-likeness (QED) is 0.844. The first-order valence-electron chi connectivity index (χ1n) is 7.60. The van der Waals surface area contributed by atoms with Crippen LogP contribution >= 0.6 is 11.3 Å². The minimum atomic E-state index is -1.17. The van der Waals surface area contributed by atoms with Crippen molar-refractivity contribution < 1.29 is 14.6 Å². The summed E-state index contributed by atoms with van der Waals surface area (Å²) in [6, 6.07) is 6.23. The third-order valence-corrected chi connectivity index (χ3v) is 4.74. The second kappa shape index (κ2) is 6.71. The summed E-state index contributed by atoms with van der Waals surface area (Å²) < 4.78 is 5.96. The zero-order valence-corrected chi connectivity index (χ0v) is 15.0. The van der Waals surface area contributed by atoms with E-state index in [1.54, 1.807) is 6.92 Å². The van der Waals surface area contributed by atoms with Gasteiger partial charge >= 0.3 is 0 Å². The largest absolute Gasteiger partial charge is 0.544 e. The van der Waals surface area contributed by atoms with Crippen molar-refractivity contribution >= 4 is 17.3 Å². The van der Waals surface area contributed by atoms with E-state index in [9.17, 15) is 9.90 Å². The van der Waals surface area contributed by atoms with Crippen molar-refractivity contribution in [1.29, 1.82) is 0 Å². The molecule has 2 rings (SSSR count). The van der Waals surface area contributed by atoms with Crippen molar-refractivity contribution in [3.63, 3.8) is 0 Å². The Labute approximate surface area is 141 Å². The first kappa shape index (κ1) is 17.5. The van der Waals surface area contributed by atoms with Crippen LogP contribution < -0.4 is 9.84 Å². The summed E-state index contributed by atoms with van der Waals surface area (Å²) in [6.07, 6.45) is 0.580. The maximum absolute atomic E-state index is 11.0. The van der Waals surface area contributed by atoms with E-state index in [1.807, 2.05) is 13.0 Å². The van der Waals surface area contributed by atoms with Gasteiger partial charge in [-0.25, -0.2) is 4.98 Å². The maximum atomic E-state index is 11.0. The monoisotopic (exact) mass is 332 g/mol. The lowest BCUT2D eigenvalue weighted by molar-refractivity contribution is -0.254. The summed E-state index contributed by atoms with van der Waals surface area (Å²) in [4.78, 5) is 15.4. The van der Waals surface area contributed by atoms with Gasteiger partial charge in [-0.1, -0.05) is 32.9 Å². The Morgan fingerprint density at radius 1 is 1.30 bits per heavy atom. The molecule has 4 nitrogen and oxygen atoms in total. The van der Waals surface area contributed by atoms with Crippen molar-refractivity contribution in [1.82, 2.24) is 4.98 Å². The number of carboxylic acids is 1. The Morgan fingerprint density at radius 3 is 2.57 bits per heavy atom. The van der Waals surface area contributed by atoms with Crippen LogP contribution in [0.15, 0.2) is 18.2 Å². The van der Waals surface area contributed by atoms with Crippen LogP contribution in [-0.4, -0.2) is 17.6 Å². The fraction of sp³-hybridized carbons (Fsp3) is 0.444. The predicted octanol–water partition coefficient (Wildman–Crippen LogP) is 3.04.